The van der Waals surface area contributed by atoms with Crippen LogP contribution in [-0.4, -0.2) is 5.54 Å². The zero-order valence-electron chi connectivity index (χ0n) is 12.4. The zero-order valence-corrected chi connectivity index (χ0v) is 13.2. The minimum absolute atomic E-state index is 0.501. The van der Waals surface area contributed by atoms with E-state index in [2.05, 4.69) is 23.5 Å². The summed E-state index contributed by atoms with van der Waals surface area (Å²) in [5.41, 5.74) is 0.501. The molecule has 2 atom stereocenters. The van der Waals surface area contributed by atoms with Crippen molar-refractivity contribution in [3.63, 3.8) is 0 Å². The van der Waals surface area contributed by atoms with Crippen LogP contribution in [0.1, 0.15) is 36.3 Å². The lowest BCUT2D eigenvalue weighted by Crippen LogP contribution is -2.43. The summed E-state index contributed by atoms with van der Waals surface area (Å²) in [7, 11) is 0. The van der Waals surface area contributed by atoms with E-state index in [1.54, 1.807) is 0 Å². The van der Waals surface area contributed by atoms with Gasteiger partial charge in [0, 0.05) is 17.0 Å². The molecule has 2 unspecified atom stereocenters. The first-order valence-corrected chi connectivity index (χ1v) is 8.94. The van der Waals surface area contributed by atoms with Gasteiger partial charge in [0.15, 0.2) is 0 Å². The van der Waals surface area contributed by atoms with Crippen molar-refractivity contribution in [1.29, 1.82) is 0 Å². The van der Waals surface area contributed by atoms with E-state index >= 15 is 0 Å². The number of hydrogen-bond donors (Lipinski definition) is 1. The fraction of sp³-hybridized carbons (Fsp3) is 0.556. The summed E-state index contributed by atoms with van der Waals surface area (Å²) in [6.45, 7) is 3.03. The van der Waals surface area contributed by atoms with Crippen molar-refractivity contribution in [1.82, 2.24) is 5.32 Å². The Morgan fingerprint density at radius 3 is 2.62 bits per heavy atom. The average Bonchev–Trinajstić information content (AvgIpc) is 3.24. The Kier molecular flexibility index (Phi) is 2.52. The molecule has 3 heteroatoms. The molecule has 2 nitrogen and oxygen atoms in total. The van der Waals surface area contributed by atoms with Gasteiger partial charge < -0.3 is 9.73 Å². The molecule has 0 spiro atoms. The van der Waals surface area contributed by atoms with Crippen LogP contribution in [0.15, 0.2) is 28.7 Å². The molecule has 4 aliphatic carbocycles. The molecule has 0 aromatic carbocycles. The van der Waals surface area contributed by atoms with Gasteiger partial charge in [-0.2, -0.15) is 0 Å². The van der Waals surface area contributed by atoms with E-state index in [0.717, 1.165) is 35.8 Å². The monoisotopic (exact) mass is 299 g/mol. The molecule has 0 radical (unpaired) electrons. The molecular weight excluding hydrogens is 278 g/mol. The van der Waals surface area contributed by atoms with Gasteiger partial charge >= 0.3 is 0 Å². The largest absolute Gasteiger partial charge is 0.461 e. The second kappa shape index (κ2) is 4.23. The summed E-state index contributed by atoms with van der Waals surface area (Å²) >= 11 is 1.86. The minimum Gasteiger partial charge on any atom is -0.461 e. The topological polar surface area (TPSA) is 25.2 Å². The van der Waals surface area contributed by atoms with Gasteiger partial charge in [0.25, 0.3) is 0 Å². The van der Waals surface area contributed by atoms with Gasteiger partial charge in [-0.25, -0.2) is 0 Å². The molecule has 21 heavy (non-hydrogen) atoms. The molecule has 4 bridgehead atoms. The second-order valence-corrected chi connectivity index (χ2v) is 8.45. The first-order chi connectivity index (χ1) is 10.2. The van der Waals surface area contributed by atoms with Crippen LogP contribution in [0.25, 0.3) is 10.6 Å². The molecule has 110 valence electrons. The summed E-state index contributed by atoms with van der Waals surface area (Å²) in [4.78, 5) is 2.68. The molecule has 4 fully saturated rings. The quantitative estimate of drug-likeness (QED) is 0.893. The molecule has 4 aliphatic rings. The Labute approximate surface area is 129 Å². The fourth-order valence-electron chi connectivity index (χ4n) is 5.24. The fourth-order valence-corrected chi connectivity index (χ4v) is 6.15. The molecule has 0 aliphatic heterocycles. The molecule has 2 heterocycles. The predicted octanol–water partition coefficient (Wildman–Crippen LogP) is 4.59. The van der Waals surface area contributed by atoms with Crippen molar-refractivity contribution < 1.29 is 4.42 Å². The van der Waals surface area contributed by atoms with Gasteiger partial charge in [0.05, 0.1) is 4.88 Å². The van der Waals surface area contributed by atoms with Gasteiger partial charge in [-0.1, -0.05) is 0 Å². The Hall–Kier alpha value is -1.06. The highest BCUT2D eigenvalue weighted by atomic mass is 32.1. The van der Waals surface area contributed by atoms with E-state index in [1.165, 1.54) is 35.4 Å². The van der Waals surface area contributed by atoms with Gasteiger partial charge in [-0.15, -0.1) is 11.3 Å². The summed E-state index contributed by atoms with van der Waals surface area (Å²) in [5.74, 6) is 5.06. The third kappa shape index (κ3) is 1.80. The summed E-state index contributed by atoms with van der Waals surface area (Å²) in [6, 6.07) is 8.57. The van der Waals surface area contributed by atoms with Crippen molar-refractivity contribution in [3.05, 3.63) is 34.9 Å². The van der Waals surface area contributed by atoms with E-state index in [0.29, 0.717) is 5.54 Å². The molecule has 6 rings (SSSR count). The van der Waals surface area contributed by atoms with Crippen LogP contribution in [-0.2, 0) is 6.54 Å². The maximum atomic E-state index is 5.72. The van der Waals surface area contributed by atoms with Crippen molar-refractivity contribution >= 4 is 11.3 Å². The van der Waals surface area contributed by atoms with Crippen LogP contribution in [0.2, 0.25) is 0 Å². The highest BCUT2D eigenvalue weighted by Crippen LogP contribution is 2.65. The Balaban J connectivity index is 1.31. The van der Waals surface area contributed by atoms with E-state index in [9.17, 15) is 0 Å². The van der Waals surface area contributed by atoms with Crippen LogP contribution in [0.4, 0.5) is 0 Å². The summed E-state index contributed by atoms with van der Waals surface area (Å²) in [5, 5.41) is 3.94. The minimum atomic E-state index is 0.501. The number of aryl methyl sites for hydroxylation is 1. The molecule has 2 aromatic heterocycles. The highest BCUT2D eigenvalue weighted by molar-refractivity contribution is 7.15. The standard InChI is InChI=1S/C18H21NOS/c1-11-2-4-16(20-11)17-5-3-15(21-17)10-19-18-8-12-6-14(18)7-13(12)9-18/h2-5,12-14,19H,6-10H2,1H3. The van der Waals surface area contributed by atoms with E-state index in [-0.39, 0.29) is 0 Å². The number of thiophene rings is 1. The lowest BCUT2D eigenvalue weighted by Gasteiger charge is -2.30. The van der Waals surface area contributed by atoms with Crippen molar-refractivity contribution in [3.8, 4) is 10.6 Å². The van der Waals surface area contributed by atoms with Crippen LogP contribution >= 0.6 is 11.3 Å². The first-order valence-electron chi connectivity index (χ1n) is 8.12. The number of hydrogen-bond acceptors (Lipinski definition) is 3. The summed E-state index contributed by atoms with van der Waals surface area (Å²) < 4.78 is 5.72. The SMILES string of the molecule is Cc1ccc(-c2ccc(CNC34CC5CC3CC5C4)s2)o1. The lowest BCUT2D eigenvalue weighted by atomic mass is 9.90. The molecule has 0 amide bonds. The predicted molar refractivity (Wildman–Crippen MR) is 85.3 cm³/mol. The third-order valence-electron chi connectivity index (χ3n) is 6.14. The molecular formula is C18H21NOS. The average molecular weight is 299 g/mol. The number of furan rings is 1. The zero-order chi connectivity index (χ0) is 14.0. The first kappa shape index (κ1) is 12.5. The van der Waals surface area contributed by atoms with Gasteiger partial charge in [-0.05, 0) is 74.6 Å². The van der Waals surface area contributed by atoms with E-state index in [4.69, 9.17) is 4.42 Å². The normalized spacial score (nSPS) is 36.1. The summed E-state index contributed by atoms with van der Waals surface area (Å²) in [6.07, 6.45) is 5.88. The van der Waals surface area contributed by atoms with Crippen LogP contribution in [0, 0.1) is 24.7 Å². The highest BCUT2D eigenvalue weighted by Gasteiger charge is 2.62. The van der Waals surface area contributed by atoms with Crippen molar-refractivity contribution in [2.24, 2.45) is 17.8 Å². The second-order valence-electron chi connectivity index (χ2n) is 7.28. The maximum Gasteiger partial charge on any atom is 0.144 e. The number of rotatable bonds is 4. The molecule has 4 saturated carbocycles. The van der Waals surface area contributed by atoms with Gasteiger partial charge in [0.2, 0.25) is 0 Å². The Morgan fingerprint density at radius 2 is 2.00 bits per heavy atom. The van der Waals surface area contributed by atoms with Crippen molar-refractivity contribution in [2.45, 2.75) is 44.7 Å². The maximum absolute atomic E-state index is 5.72. The molecule has 0 saturated heterocycles. The van der Waals surface area contributed by atoms with E-state index < -0.39 is 0 Å². The third-order valence-corrected chi connectivity index (χ3v) is 7.23. The van der Waals surface area contributed by atoms with Gasteiger partial charge in [0.1, 0.15) is 11.5 Å². The molecule has 2 aromatic rings. The smallest absolute Gasteiger partial charge is 0.144 e. The van der Waals surface area contributed by atoms with Crippen LogP contribution < -0.4 is 5.32 Å². The Morgan fingerprint density at radius 1 is 1.19 bits per heavy atom. The molecule has 1 N–H and O–H groups in total. The van der Waals surface area contributed by atoms with Crippen LogP contribution in [0.3, 0.4) is 0 Å². The Bertz CT molecular complexity index is 671. The van der Waals surface area contributed by atoms with E-state index in [1.807, 2.05) is 24.3 Å². The van der Waals surface area contributed by atoms with Crippen LogP contribution in [0.5, 0.6) is 0 Å². The van der Waals surface area contributed by atoms with Crippen molar-refractivity contribution in [2.75, 3.05) is 0 Å². The van der Waals surface area contributed by atoms with Gasteiger partial charge in [-0.3, -0.25) is 0 Å². The lowest BCUT2D eigenvalue weighted by molar-refractivity contribution is 0.284. The number of nitrogens with one attached hydrogen (secondary N) is 1.